The first-order valence-electron chi connectivity index (χ1n) is 6.89. The Morgan fingerprint density at radius 1 is 1.19 bits per heavy atom. The molecule has 3 aromatic rings. The minimum Gasteiger partial charge on any atom is -0.315 e. The Kier molecular flexibility index (Phi) is 4.37. The topological polar surface area (TPSA) is 59.8 Å². The number of nitrogens with zero attached hydrogens (tertiary/aromatic N) is 3. The smallest absolute Gasteiger partial charge is 0.277 e. The van der Waals surface area contributed by atoms with Gasteiger partial charge in [-0.25, -0.2) is 4.68 Å². The lowest BCUT2D eigenvalue weighted by Crippen LogP contribution is -2.30. The molecule has 2 heterocycles. The molecule has 1 N–H and O–H groups in total. The molecule has 1 aromatic carbocycles. The Labute approximate surface area is 126 Å². The van der Waals surface area contributed by atoms with Gasteiger partial charge in [-0.1, -0.05) is 17.3 Å². The lowest BCUT2D eigenvalue weighted by atomic mass is 10.2. The molecule has 0 aliphatic rings. The van der Waals surface area contributed by atoms with Crippen molar-refractivity contribution in [3.05, 3.63) is 57.0 Å². The molecular weight excluding hydrogens is 284 g/mol. The van der Waals surface area contributed by atoms with Crippen LogP contribution in [0.2, 0.25) is 0 Å². The Morgan fingerprint density at radius 3 is 2.95 bits per heavy atom. The highest BCUT2D eigenvalue weighted by Crippen LogP contribution is 2.05. The van der Waals surface area contributed by atoms with E-state index in [9.17, 15) is 4.79 Å². The van der Waals surface area contributed by atoms with E-state index in [0.717, 1.165) is 13.0 Å². The predicted octanol–water partition coefficient (Wildman–Crippen LogP) is 1.69. The average Bonchev–Trinajstić information content (AvgIpc) is 3.03. The van der Waals surface area contributed by atoms with Crippen molar-refractivity contribution in [3.8, 4) is 0 Å². The molecule has 0 fully saturated rings. The van der Waals surface area contributed by atoms with Gasteiger partial charge in [-0.05, 0) is 47.5 Å². The second-order valence-corrected chi connectivity index (χ2v) is 5.55. The van der Waals surface area contributed by atoms with Gasteiger partial charge in [0.15, 0.2) is 0 Å². The second-order valence-electron chi connectivity index (χ2n) is 4.77. The van der Waals surface area contributed by atoms with Crippen molar-refractivity contribution in [2.45, 2.75) is 13.0 Å². The summed E-state index contributed by atoms with van der Waals surface area (Å²) in [5.41, 5.74) is 1.90. The van der Waals surface area contributed by atoms with Crippen LogP contribution in [0, 0.1) is 0 Å². The standard InChI is InChI=1S/C15H16N4OS/c20-15-13-3-1-2-4-14(13)17-18-19(15)9-8-16-7-5-12-6-10-21-11-12/h1-4,6,10-11,16H,5,7-9H2. The first-order valence-corrected chi connectivity index (χ1v) is 7.83. The van der Waals surface area contributed by atoms with Crippen LogP contribution in [0.3, 0.4) is 0 Å². The number of benzene rings is 1. The zero-order chi connectivity index (χ0) is 14.5. The number of aromatic nitrogens is 3. The molecule has 0 spiro atoms. The van der Waals surface area contributed by atoms with Crippen molar-refractivity contribution in [2.75, 3.05) is 13.1 Å². The van der Waals surface area contributed by atoms with Crippen LogP contribution < -0.4 is 10.9 Å². The van der Waals surface area contributed by atoms with Gasteiger partial charge >= 0.3 is 0 Å². The fourth-order valence-electron chi connectivity index (χ4n) is 2.15. The van der Waals surface area contributed by atoms with E-state index < -0.39 is 0 Å². The molecule has 0 unspecified atom stereocenters. The van der Waals surface area contributed by atoms with Crippen LogP contribution in [0.15, 0.2) is 45.9 Å². The van der Waals surface area contributed by atoms with Crippen molar-refractivity contribution >= 4 is 22.2 Å². The van der Waals surface area contributed by atoms with Gasteiger partial charge in [0, 0.05) is 6.54 Å². The summed E-state index contributed by atoms with van der Waals surface area (Å²) in [6, 6.07) is 9.41. The molecule has 5 nitrogen and oxygen atoms in total. The van der Waals surface area contributed by atoms with Gasteiger partial charge in [0.1, 0.15) is 5.52 Å². The first kappa shape index (κ1) is 13.9. The van der Waals surface area contributed by atoms with Crippen LogP contribution in [-0.4, -0.2) is 28.1 Å². The fourth-order valence-corrected chi connectivity index (χ4v) is 2.85. The zero-order valence-electron chi connectivity index (χ0n) is 11.5. The van der Waals surface area contributed by atoms with Gasteiger partial charge in [-0.3, -0.25) is 4.79 Å². The Bertz CT molecular complexity index is 767. The highest BCUT2D eigenvalue weighted by Gasteiger charge is 2.04. The Morgan fingerprint density at radius 2 is 2.10 bits per heavy atom. The van der Waals surface area contributed by atoms with Crippen LogP contribution in [0.25, 0.3) is 10.9 Å². The van der Waals surface area contributed by atoms with E-state index in [1.807, 2.05) is 12.1 Å². The molecule has 108 valence electrons. The minimum atomic E-state index is -0.0831. The van der Waals surface area contributed by atoms with Crippen molar-refractivity contribution in [3.63, 3.8) is 0 Å². The third-order valence-corrected chi connectivity index (χ3v) is 4.03. The van der Waals surface area contributed by atoms with E-state index in [0.29, 0.717) is 24.0 Å². The summed E-state index contributed by atoms with van der Waals surface area (Å²) >= 11 is 1.71. The summed E-state index contributed by atoms with van der Waals surface area (Å²) in [6.07, 6.45) is 1.00. The second kappa shape index (κ2) is 6.60. The van der Waals surface area contributed by atoms with Crippen molar-refractivity contribution in [1.82, 2.24) is 20.3 Å². The molecule has 0 bridgehead atoms. The Hall–Kier alpha value is -2.05. The summed E-state index contributed by atoms with van der Waals surface area (Å²) in [4.78, 5) is 12.2. The maximum absolute atomic E-state index is 12.2. The summed E-state index contributed by atoms with van der Waals surface area (Å²) in [6.45, 7) is 2.13. The summed E-state index contributed by atoms with van der Waals surface area (Å²) < 4.78 is 1.42. The number of thiophene rings is 1. The minimum absolute atomic E-state index is 0.0831. The summed E-state index contributed by atoms with van der Waals surface area (Å²) in [5, 5.41) is 16.2. The molecule has 0 amide bonds. The maximum Gasteiger partial charge on any atom is 0.277 e. The molecule has 0 saturated heterocycles. The van der Waals surface area contributed by atoms with Gasteiger partial charge < -0.3 is 5.32 Å². The molecule has 0 saturated carbocycles. The third-order valence-electron chi connectivity index (χ3n) is 3.30. The summed E-state index contributed by atoms with van der Waals surface area (Å²) in [7, 11) is 0. The molecule has 0 aliphatic heterocycles. The van der Waals surface area contributed by atoms with Crippen molar-refractivity contribution in [1.29, 1.82) is 0 Å². The monoisotopic (exact) mass is 300 g/mol. The number of hydrogen-bond donors (Lipinski definition) is 1. The molecular formula is C15H16N4OS. The summed E-state index contributed by atoms with van der Waals surface area (Å²) in [5.74, 6) is 0. The number of rotatable bonds is 6. The van der Waals surface area contributed by atoms with Gasteiger partial charge in [0.2, 0.25) is 0 Å². The molecule has 3 rings (SSSR count). The van der Waals surface area contributed by atoms with E-state index in [1.165, 1.54) is 10.2 Å². The van der Waals surface area contributed by atoms with Crippen molar-refractivity contribution < 1.29 is 0 Å². The molecule has 0 atom stereocenters. The van der Waals surface area contributed by atoms with Crippen molar-refractivity contribution in [2.24, 2.45) is 0 Å². The largest absolute Gasteiger partial charge is 0.315 e. The SMILES string of the molecule is O=c1c2ccccc2nnn1CCNCCc1ccsc1. The predicted molar refractivity (Wildman–Crippen MR) is 84.7 cm³/mol. The first-order chi connectivity index (χ1) is 10.3. The van der Waals surface area contributed by atoms with Crippen LogP contribution in [0.5, 0.6) is 0 Å². The molecule has 21 heavy (non-hydrogen) atoms. The normalized spacial score (nSPS) is 11.0. The quantitative estimate of drug-likeness (QED) is 0.704. The van der Waals surface area contributed by atoms with Crippen LogP contribution in [-0.2, 0) is 13.0 Å². The fraction of sp³-hybridized carbons (Fsp3) is 0.267. The van der Waals surface area contributed by atoms with Crippen LogP contribution in [0.4, 0.5) is 0 Å². The van der Waals surface area contributed by atoms with E-state index in [2.05, 4.69) is 32.5 Å². The van der Waals surface area contributed by atoms with E-state index in [-0.39, 0.29) is 5.56 Å². The molecule has 2 aromatic heterocycles. The van der Waals surface area contributed by atoms with E-state index in [4.69, 9.17) is 0 Å². The average molecular weight is 300 g/mol. The molecule has 6 heteroatoms. The van der Waals surface area contributed by atoms with Gasteiger partial charge in [0.25, 0.3) is 5.56 Å². The van der Waals surface area contributed by atoms with Gasteiger partial charge in [-0.15, -0.1) is 5.10 Å². The third kappa shape index (κ3) is 3.34. The lowest BCUT2D eigenvalue weighted by Gasteiger charge is -2.06. The number of fused-ring (bicyclic) bond motifs is 1. The molecule has 0 aliphatic carbocycles. The van der Waals surface area contributed by atoms with Gasteiger partial charge in [0.05, 0.1) is 11.9 Å². The van der Waals surface area contributed by atoms with E-state index in [1.54, 1.807) is 23.5 Å². The van der Waals surface area contributed by atoms with E-state index >= 15 is 0 Å². The maximum atomic E-state index is 12.2. The van der Waals surface area contributed by atoms with Gasteiger partial charge in [-0.2, -0.15) is 11.3 Å². The van der Waals surface area contributed by atoms with Crippen LogP contribution >= 0.6 is 11.3 Å². The number of hydrogen-bond acceptors (Lipinski definition) is 5. The van der Waals surface area contributed by atoms with Crippen LogP contribution in [0.1, 0.15) is 5.56 Å². The number of nitrogens with one attached hydrogen (secondary N) is 1. The highest BCUT2D eigenvalue weighted by atomic mass is 32.1. The zero-order valence-corrected chi connectivity index (χ0v) is 12.3. The Balaban J connectivity index is 1.56. The lowest BCUT2D eigenvalue weighted by molar-refractivity contribution is 0.515. The molecule has 0 radical (unpaired) electrons. The highest BCUT2D eigenvalue weighted by molar-refractivity contribution is 7.07.